The minimum Gasteiger partial charge on any atom is -0.510 e. The molecule has 0 N–H and O–H groups in total. The molecule has 0 amide bonds. The summed E-state index contributed by atoms with van der Waals surface area (Å²) in [4.78, 5) is 4.69. The van der Waals surface area contributed by atoms with Gasteiger partial charge in [0.25, 0.3) is 6.33 Å². The Hall–Kier alpha value is -6.55. The fourth-order valence-corrected chi connectivity index (χ4v) is 7.49. The number of benzene rings is 7. The summed E-state index contributed by atoms with van der Waals surface area (Å²) >= 11 is 0. The van der Waals surface area contributed by atoms with Crippen molar-refractivity contribution in [3.8, 4) is 50.9 Å². The van der Waals surface area contributed by atoms with Crippen molar-refractivity contribution in [1.29, 1.82) is 0 Å². The molecule has 0 unspecified atom stereocenters. The first-order chi connectivity index (χ1) is 33.6. The van der Waals surface area contributed by atoms with Crippen molar-refractivity contribution >= 4 is 32.8 Å². The van der Waals surface area contributed by atoms with E-state index in [4.69, 9.17) is 26.2 Å². The Morgan fingerprint density at radius 2 is 1.42 bits per heavy atom. The van der Waals surface area contributed by atoms with Crippen molar-refractivity contribution in [3.63, 3.8) is 0 Å². The van der Waals surface area contributed by atoms with Crippen LogP contribution < -0.4 is 9.30 Å². The zero-order valence-electron chi connectivity index (χ0n) is 44.9. The Bertz CT molecular complexity index is 3710. The number of hydrogen-bond acceptors (Lipinski definition) is 2. The zero-order valence-corrected chi connectivity index (χ0v) is 35.2. The largest absolute Gasteiger partial charge is 0.510 e. The number of pyridine rings is 1. The summed E-state index contributed by atoms with van der Waals surface area (Å²) in [5.41, 5.74) is 4.66. The van der Waals surface area contributed by atoms with Crippen LogP contribution in [0.2, 0.25) is 0 Å². The van der Waals surface area contributed by atoms with Crippen LogP contribution in [0.1, 0.15) is 55.3 Å². The van der Waals surface area contributed by atoms with Gasteiger partial charge in [0.2, 0.25) is 0 Å². The van der Waals surface area contributed by atoms with Crippen LogP contribution in [-0.4, -0.2) is 14.1 Å². The molecule has 7 aromatic carbocycles. The third-order valence-electron chi connectivity index (χ3n) is 10.4. The Labute approximate surface area is 382 Å². The number of hydrogen-bond donors (Lipinski definition) is 0. The van der Waals surface area contributed by atoms with Crippen molar-refractivity contribution < 1.29 is 46.8 Å². The van der Waals surface area contributed by atoms with E-state index in [9.17, 15) is 0 Å². The van der Waals surface area contributed by atoms with Crippen LogP contribution in [0, 0.1) is 18.5 Å². The molecule has 0 aliphatic rings. The van der Waals surface area contributed by atoms with Crippen LogP contribution in [-0.2, 0) is 32.9 Å². The van der Waals surface area contributed by atoms with Crippen LogP contribution in [0.4, 0.5) is 0 Å². The monoisotopic (exact) mass is 969 g/mol. The third kappa shape index (κ3) is 7.03. The summed E-state index contributed by atoms with van der Waals surface area (Å²) in [5, 5.41) is 1.87. The fraction of sp³-hybridized carbons (Fsp3) is 0.111. The molecule has 10 aromatic rings. The van der Waals surface area contributed by atoms with E-state index >= 15 is 0 Å². The number of fused-ring (bicyclic) bond motifs is 4. The molecule has 0 aliphatic heterocycles. The zero-order chi connectivity index (χ0) is 50.6. The summed E-state index contributed by atoms with van der Waals surface area (Å²) in [6.07, 6.45) is 3.37. The van der Waals surface area contributed by atoms with Crippen molar-refractivity contribution in [3.05, 3.63) is 199 Å². The van der Waals surface area contributed by atoms with Gasteiger partial charge in [-0.25, -0.2) is 4.98 Å². The van der Waals surface area contributed by atoms with Crippen molar-refractivity contribution in [2.24, 2.45) is 0 Å². The molecular formula is C54H42N4OPt-2. The Morgan fingerprint density at radius 3 is 2.13 bits per heavy atom. The first-order valence-electron chi connectivity index (χ1n) is 25.1. The number of ether oxygens (including phenoxy) is 1. The van der Waals surface area contributed by atoms with Gasteiger partial charge in [-0.1, -0.05) is 148 Å². The van der Waals surface area contributed by atoms with Crippen molar-refractivity contribution in [2.45, 2.75) is 39.5 Å². The van der Waals surface area contributed by atoms with Gasteiger partial charge < -0.3 is 13.9 Å². The number of para-hydroxylation sites is 3. The van der Waals surface area contributed by atoms with Crippen LogP contribution in [0.3, 0.4) is 0 Å². The van der Waals surface area contributed by atoms with Gasteiger partial charge in [0.1, 0.15) is 5.82 Å². The van der Waals surface area contributed by atoms with Crippen molar-refractivity contribution in [2.75, 3.05) is 0 Å². The van der Waals surface area contributed by atoms with Gasteiger partial charge in [-0.3, -0.25) is 4.57 Å². The maximum Gasteiger partial charge on any atom is 0.268 e. The molecule has 0 radical (unpaired) electrons. The van der Waals surface area contributed by atoms with Gasteiger partial charge >= 0.3 is 0 Å². The molecule has 296 valence electrons. The second-order valence-corrected chi connectivity index (χ2v) is 15.0. The summed E-state index contributed by atoms with van der Waals surface area (Å²) in [6.45, 7) is 7.98. The molecular weight excluding hydrogens is 916 g/mol. The summed E-state index contributed by atoms with van der Waals surface area (Å²) < 4.78 is 116. The van der Waals surface area contributed by atoms with Crippen LogP contribution >= 0.6 is 0 Å². The van der Waals surface area contributed by atoms with E-state index in [2.05, 4.69) is 57.4 Å². The molecule has 0 fully saturated rings. The molecule has 5 nitrogen and oxygen atoms in total. The molecule has 3 aromatic heterocycles. The quantitative estimate of drug-likeness (QED) is 0.112. The molecule has 0 spiro atoms. The maximum absolute atomic E-state index is 9.00. The molecule has 0 bridgehead atoms. The Balaban J connectivity index is 0.00000640. The molecule has 0 aliphatic carbocycles. The Kier molecular flexibility index (Phi) is 7.22. The average Bonchev–Trinajstić information content (AvgIpc) is 3.89. The molecule has 3 heterocycles. The predicted molar refractivity (Wildman–Crippen MR) is 239 cm³/mol. The smallest absolute Gasteiger partial charge is 0.268 e. The molecule has 10 rings (SSSR count). The number of aromatic nitrogens is 4. The normalized spacial score (nSPS) is 14.7. The van der Waals surface area contributed by atoms with E-state index in [1.54, 1.807) is 76.0 Å². The van der Waals surface area contributed by atoms with Crippen LogP contribution in [0.25, 0.3) is 72.3 Å². The van der Waals surface area contributed by atoms with Crippen LogP contribution in [0.15, 0.2) is 170 Å². The molecule has 0 atom stereocenters. The first kappa shape index (κ1) is 27.3. The Morgan fingerprint density at radius 1 is 0.717 bits per heavy atom. The van der Waals surface area contributed by atoms with Gasteiger partial charge in [-0.2, -0.15) is 18.2 Å². The second-order valence-electron chi connectivity index (χ2n) is 15.0. The molecule has 60 heavy (non-hydrogen) atoms. The van der Waals surface area contributed by atoms with E-state index < -0.39 is 66.8 Å². The van der Waals surface area contributed by atoms with E-state index in [1.165, 1.54) is 6.92 Å². The molecule has 0 saturated carbocycles. The molecule has 0 saturated heterocycles. The molecule has 6 heteroatoms. The topological polar surface area (TPSA) is 35.9 Å². The number of nitrogens with zero attached hydrogens (tertiary/aromatic N) is 4. The minimum absolute atomic E-state index is 0. The summed E-state index contributed by atoms with van der Waals surface area (Å²) in [6, 6.07) is 32.2. The van der Waals surface area contributed by atoms with Gasteiger partial charge in [0.15, 0.2) is 0 Å². The fourth-order valence-electron chi connectivity index (χ4n) is 7.49. The third-order valence-corrected chi connectivity index (χ3v) is 10.4. The van der Waals surface area contributed by atoms with Crippen LogP contribution in [0.5, 0.6) is 11.5 Å². The number of aryl methyl sites for hydroxylation is 1. The SMILES string of the molecule is [2H]c1c([2H])c([2H])c(-c2cccc(-c3c([2H])c([2H])c([2H])c([2H])c3[2H])c2-[n+]2[c-]n(-c3[c-]c(Oc4[c-]c5c(cc4)c4cc(C(C)(C)C)ccc4n5-c4cc(C([2H])([2H])C)ccn4)ccc3)c3ccccc32)c([2H])c1[2H].[Pt]. The summed E-state index contributed by atoms with van der Waals surface area (Å²) in [7, 11) is 0. The standard InChI is InChI=1S/C54H42N4O.Pt/c1-5-37-30-31-55-52(32-37)58-48-29-26-40(54(2,3)4)33-47(48)46-28-27-43(35-51(46)58)59-42-21-14-20-41(34-42)56-36-57(50-25-13-12-24-49(50)56)53-44(38-16-8-6-9-17-38)22-15-23-45(53)39-18-10-7-11-19-39;/h6-33H,5H2,1-4H3;/q-2;/i5D2,6D,7D,8D,9D,10D,11D,16D,17D,18D,19D;. The van der Waals surface area contributed by atoms with E-state index in [-0.39, 0.29) is 54.4 Å². The second kappa shape index (κ2) is 15.9. The van der Waals surface area contributed by atoms with E-state index in [1.807, 2.05) is 28.8 Å². The maximum atomic E-state index is 9.00. The summed E-state index contributed by atoms with van der Waals surface area (Å²) in [5.74, 6) is 1.19. The van der Waals surface area contributed by atoms with E-state index in [0.717, 1.165) is 21.9 Å². The van der Waals surface area contributed by atoms with Crippen molar-refractivity contribution in [1.82, 2.24) is 14.1 Å². The first-order valence-corrected chi connectivity index (χ1v) is 19.1. The van der Waals surface area contributed by atoms with E-state index in [0.29, 0.717) is 45.1 Å². The van der Waals surface area contributed by atoms with Gasteiger partial charge in [-0.15, -0.1) is 29.7 Å². The van der Waals surface area contributed by atoms with Gasteiger partial charge in [-0.05, 0) is 74.4 Å². The predicted octanol–water partition coefficient (Wildman–Crippen LogP) is 12.8. The van der Waals surface area contributed by atoms with Gasteiger partial charge in [0.05, 0.1) is 30.4 Å². The number of imidazole rings is 1. The average molecular weight is 970 g/mol. The number of rotatable bonds is 8. The minimum atomic E-state index is -1.61. The van der Waals surface area contributed by atoms with Gasteiger partial charge in [0, 0.05) is 47.0 Å².